The van der Waals surface area contributed by atoms with Crippen LogP contribution in [0.15, 0.2) is 18.2 Å². The Morgan fingerprint density at radius 2 is 2.11 bits per heavy atom. The van der Waals surface area contributed by atoms with Crippen LogP contribution in [0.5, 0.6) is 0 Å². The van der Waals surface area contributed by atoms with Crippen LogP contribution in [0.1, 0.15) is 30.1 Å². The lowest BCUT2D eigenvalue weighted by Crippen LogP contribution is -2.13. The van der Waals surface area contributed by atoms with Crippen LogP contribution in [0.25, 0.3) is 0 Å². The summed E-state index contributed by atoms with van der Waals surface area (Å²) in [6.07, 6.45) is 0.968. The van der Waals surface area contributed by atoms with Gasteiger partial charge in [-0.25, -0.2) is 0 Å². The van der Waals surface area contributed by atoms with E-state index >= 15 is 0 Å². The molecular weight excluding hydrogens is 246 g/mol. The predicted octanol–water partition coefficient (Wildman–Crippen LogP) is 1.12. The first-order valence-electron chi connectivity index (χ1n) is 6.13. The van der Waals surface area contributed by atoms with Crippen molar-refractivity contribution >= 4 is 23.3 Å². The monoisotopic (exact) mass is 265 g/mol. The van der Waals surface area contributed by atoms with Crippen molar-refractivity contribution in [2.24, 2.45) is 5.73 Å². The highest BCUT2D eigenvalue weighted by Gasteiger charge is 2.05. The first kappa shape index (κ1) is 14.8. The topological polar surface area (TPSA) is 107 Å². The van der Waals surface area contributed by atoms with Gasteiger partial charge in [0, 0.05) is 18.5 Å². The van der Waals surface area contributed by atoms with Gasteiger partial charge in [0.1, 0.15) is 0 Å². The van der Waals surface area contributed by atoms with E-state index in [0.717, 1.165) is 0 Å². The summed E-state index contributed by atoms with van der Waals surface area (Å²) in [5, 5.41) is 3.07. The summed E-state index contributed by atoms with van der Waals surface area (Å²) in [7, 11) is 0. The van der Waals surface area contributed by atoms with Gasteiger partial charge in [-0.1, -0.05) is 0 Å². The fraction of sp³-hybridized carbons (Fsp3) is 0.385. The molecule has 0 heterocycles. The Labute approximate surface area is 112 Å². The third-order valence-electron chi connectivity index (χ3n) is 2.52. The van der Waals surface area contributed by atoms with Crippen molar-refractivity contribution < 1.29 is 14.3 Å². The molecule has 6 heteroatoms. The fourth-order valence-electron chi connectivity index (χ4n) is 1.55. The van der Waals surface area contributed by atoms with Gasteiger partial charge in [-0.2, -0.15) is 0 Å². The number of amides is 1. The SMILES string of the molecule is CCOC(=O)CCCNc1cc(C(N)=O)ccc1N. The number of carbonyl (C=O) groups excluding carboxylic acids is 2. The van der Waals surface area contributed by atoms with E-state index in [9.17, 15) is 9.59 Å². The van der Waals surface area contributed by atoms with Crippen LogP contribution >= 0.6 is 0 Å². The number of benzene rings is 1. The number of nitrogen functional groups attached to an aromatic ring is 1. The average Bonchev–Trinajstić information content (AvgIpc) is 2.36. The van der Waals surface area contributed by atoms with E-state index in [1.165, 1.54) is 0 Å². The number of ether oxygens (including phenoxy) is 1. The van der Waals surface area contributed by atoms with Gasteiger partial charge in [0.05, 0.1) is 18.0 Å². The lowest BCUT2D eigenvalue weighted by atomic mass is 10.1. The van der Waals surface area contributed by atoms with Crippen molar-refractivity contribution in [3.05, 3.63) is 23.8 Å². The highest BCUT2D eigenvalue weighted by molar-refractivity contribution is 5.94. The minimum Gasteiger partial charge on any atom is -0.466 e. The van der Waals surface area contributed by atoms with Crippen molar-refractivity contribution in [3.63, 3.8) is 0 Å². The molecule has 0 radical (unpaired) electrons. The minimum absolute atomic E-state index is 0.219. The molecule has 0 aliphatic rings. The molecule has 0 spiro atoms. The zero-order valence-electron chi connectivity index (χ0n) is 10.9. The molecule has 104 valence electrons. The van der Waals surface area contributed by atoms with Gasteiger partial charge in [0.2, 0.25) is 5.91 Å². The van der Waals surface area contributed by atoms with Gasteiger partial charge in [0.25, 0.3) is 0 Å². The Kier molecular flexibility index (Phi) is 5.66. The number of nitrogens with two attached hydrogens (primary N) is 2. The van der Waals surface area contributed by atoms with Crippen LogP contribution in [0.2, 0.25) is 0 Å². The van der Waals surface area contributed by atoms with Crippen molar-refractivity contribution in [1.82, 2.24) is 0 Å². The standard InChI is InChI=1S/C13H19N3O3/c1-2-19-12(17)4-3-7-16-11-8-9(13(15)18)5-6-10(11)14/h5-6,8,16H,2-4,7,14H2,1H3,(H2,15,18). The number of carbonyl (C=O) groups is 2. The number of primary amides is 1. The van der Waals surface area contributed by atoms with Gasteiger partial charge in [-0.3, -0.25) is 9.59 Å². The number of nitrogens with one attached hydrogen (secondary N) is 1. The number of hydrogen-bond acceptors (Lipinski definition) is 5. The summed E-state index contributed by atoms with van der Waals surface area (Å²) in [6.45, 7) is 2.72. The Bertz CT molecular complexity index is 460. The zero-order chi connectivity index (χ0) is 14.3. The van der Waals surface area contributed by atoms with Crippen LogP contribution in [-0.2, 0) is 9.53 Å². The highest BCUT2D eigenvalue weighted by atomic mass is 16.5. The molecule has 0 bridgehead atoms. The smallest absolute Gasteiger partial charge is 0.305 e. The summed E-state index contributed by atoms with van der Waals surface area (Å²) in [5.41, 5.74) is 12.5. The molecule has 1 aromatic carbocycles. The van der Waals surface area contributed by atoms with Crippen molar-refractivity contribution in [2.75, 3.05) is 24.2 Å². The Balaban J connectivity index is 2.46. The van der Waals surface area contributed by atoms with E-state index in [-0.39, 0.29) is 5.97 Å². The summed E-state index contributed by atoms with van der Waals surface area (Å²) < 4.78 is 4.82. The maximum atomic E-state index is 11.1. The second-order valence-electron chi connectivity index (χ2n) is 4.00. The van der Waals surface area contributed by atoms with Crippen LogP contribution in [0, 0.1) is 0 Å². The molecule has 0 unspecified atom stereocenters. The molecule has 0 saturated carbocycles. The van der Waals surface area contributed by atoms with E-state index in [1.54, 1.807) is 25.1 Å². The molecule has 0 atom stereocenters. The Morgan fingerprint density at radius 1 is 1.37 bits per heavy atom. The van der Waals surface area contributed by atoms with Crippen molar-refractivity contribution in [1.29, 1.82) is 0 Å². The van der Waals surface area contributed by atoms with E-state index in [4.69, 9.17) is 16.2 Å². The lowest BCUT2D eigenvalue weighted by molar-refractivity contribution is -0.143. The molecule has 6 nitrogen and oxygen atoms in total. The first-order chi connectivity index (χ1) is 9.04. The summed E-state index contributed by atoms with van der Waals surface area (Å²) in [5.74, 6) is -0.724. The van der Waals surface area contributed by atoms with E-state index in [1.807, 2.05) is 0 Å². The molecule has 1 amide bonds. The molecule has 0 aliphatic heterocycles. The molecule has 0 aliphatic carbocycles. The van der Waals surface area contributed by atoms with Crippen molar-refractivity contribution in [3.8, 4) is 0 Å². The number of rotatable bonds is 7. The molecule has 0 fully saturated rings. The second-order valence-corrected chi connectivity index (χ2v) is 4.00. The zero-order valence-corrected chi connectivity index (χ0v) is 10.9. The largest absolute Gasteiger partial charge is 0.466 e. The van der Waals surface area contributed by atoms with E-state index in [2.05, 4.69) is 5.32 Å². The van der Waals surface area contributed by atoms with Gasteiger partial charge >= 0.3 is 5.97 Å². The number of hydrogen-bond donors (Lipinski definition) is 3. The van der Waals surface area contributed by atoms with Crippen molar-refractivity contribution in [2.45, 2.75) is 19.8 Å². The second kappa shape index (κ2) is 7.25. The van der Waals surface area contributed by atoms with Gasteiger partial charge < -0.3 is 21.5 Å². The molecule has 0 aromatic heterocycles. The van der Waals surface area contributed by atoms with Crippen LogP contribution in [0.4, 0.5) is 11.4 Å². The number of anilines is 2. The highest BCUT2D eigenvalue weighted by Crippen LogP contribution is 2.19. The van der Waals surface area contributed by atoms with Crippen LogP contribution in [-0.4, -0.2) is 25.0 Å². The third kappa shape index (κ3) is 4.87. The summed E-state index contributed by atoms with van der Waals surface area (Å²) >= 11 is 0. The van der Waals surface area contributed by atoms with Crippen LogP contribution < -0.4 is 16.8 Å². The molecule has 1 aromatic rings. The molecule has 5 N–H and O–H groups in total. The van der Waals surface area contributed by atoms with Gasteiger partial charge in [0.15, 0.2) is 0 Å². The molecule has 19 heavy (non-hydrogen) atoms. The Hall–Kier alpha value is -2.24. The number of esters is 1. The lowest BCUT2D eigenvalue weighted by Gasteiger charge is -2.10. The quantitative estimate of drug-likeness (QED) is 0.389. The molecule has 1 rings (SSSR count). The van der Waals surface area contributed by atoms with E-state index < -0.39 is 5.91 Å². The van der Waals surface area contributed by atoms with Crippen LogP contribution in [0.3, 0.4) is 0 Å². The average molecular weight is 265 g/mol. The summed E-state index contributed by atoms with van der Waals surface area (Å²) in [6, 6.07) is 4.79. The normalized spacial score (nSPS) is 9.95. The maximum Gasteiger partial charge on any atom is 0.305 e. The molecular formula is C13H19N3O3. The van der Waals surface area contributed by atoms with Gasteiger partial charge in [-0.05, 0) is 31.5 Å². The minimum atomic E-state index is -0.505. The predicted molar refractivity (Wildman–Crippen MR) is 73.7 cm³/mol. The maximum absolute atomic E-state index is 11.1. The first-order valence-corrected chi connectivity index (χ1v) is 6.13. The van der Waals surface area contributed by atoms with Gasteiger partial charge in [-0.15, -0.1) is 0 Å². The third-order valence-corrected chi connectivity index (χ3v) is 2.52. The van der Waals surface area contributed by atoms with E-state index in [0.29, 0.717) is 42.9 Å². The fourth-order valence-corrected chi connectivity index (χ4v) is 1.55. The molecule has 0 saturated heterocycles. The Morgan fingerprint density at radius 3 is 2.74 bits per heavy atom. The summed E-state index contributed by atoms with van der Waals surface area (Å²) in [4.78, 5) is 22.2.